The van der Waals surface area contributed by atoms with E-state index in [9.17, 15) is 9.59 Å². The summed E-state index contributed by atoms with van der Waals surface area (Å²) in [5, 5.41) is 5.20. The number of carbonyl (C=O) groups is 2. The van der Waals surface area contributed by atoms with Gasteiger partial charge in [-0.15, -0.1) is 11.3 Å². The van der Waals surface area contributed by atoms with Crippen molar-refractivity contribution < 1.29 is 9.59 Å². The van der Waals surface area contributed by atoms with E-state index in [0.717, 1.165) is 30.8 Å². The van der Waals surface area contributed by atoms with Gasteiger partial charge in [-0.05, 0) is 43.5 Å². The zero-order chi connectivity index (χ0) is 14.4. The maximum atomic E-state index is 12.3. The standard InChI is InChI=1S/C14H19N3O2S/c15-13(18)10-17(11-5-7-16-8-6-11)14(19)4-3-12-2-1-9-20-12/h1-4,9,11,16H,5-8,10H2,(H2,15,18)/b4-3+. The number of amides is 2. The topological polar surface area (TPSA) is 75.4 Å². The first-order valence-corrected chi connectivity index (χ1v) is 7.56. The maximum Gasteiger partial charge on any atom is 0.247 e. The Hall–Kier alpha value is -1.66. The summed E-state index contributed by atoms with van der Waals surface area (Å²) in [4.78, 5) is 26.1. The van der Waals surface area contributed by atoms with Crippen LogP contribution < -0.4 is 11.1 Å². The van der Waals surface area contributed by atoms with Gasteiger partial charge in [0.2, 0.25) is 11.8 Å². The zero-order valence-corrected chi connectivity index (χ0v) is 12.1. The average Bonchev–Trinajstić information content (AvgIpc) is 2.96. The summed E-state index contributed by atoms with van der Waals surface area (Å²) in [5.41, 5.74) is 5.26. The van der Waals surface area contributed by atoms with Crippen LogP contribution in [-0.4, -0.2) is 42.4 Å². The van der Waals surface area contributed by atoms with Gasteiger partial charge in [-0.25, -0.2) is 0 Å². The number of nitrogens with one attached hydrogen (secondary N) is 1. The number of piperidine rings is 1. The summed E-state index contributed by atoms with van der Waals surface area (Å²) in [7, 11) is 0. The molecule has 0 aromatic carbocycles. The van der Waals surface area contributed by atoms with Crippen molar-refractivity contribution in [2.24, 2.45) is 5.73 Å². The first-order chi connectivity index (χ1) is 9.66. The highest BCUT2D eigenvalue weighted by molar-refractivity contribution is 7.10. The second kappa shape index (κ2) is 7.21. The highest BCUT2D eigenvalue weighted by atomic mass is 32.1. The molecule has 0 saturated carbocycles. The first kappa shape index (κ1) is 14.7. The molecule has 0 bridgehead atoms. The van der Waals surface area contributed by atoms with E-state index in [4.69, 9.17) is 5.73 Å². The molecule has 0 atom stereocenters. The van der Waals surface area contributed by atoms with Crippen LogP contribution >= 0.6 is 11.3 Å². The van der Waals surface area contributed by atoms with Crippen LogP contribution in [0.1, 0.15) is 17.7 Å². The molecule has 0 unspecified atom stereocenters. The molecular formula is C14H19N3O2S. The molecule has 1 aromatic heterocycles. The van der Waals surface area contributed by atoms with Gasteiger partial charge in [0, 0.05) is 17.0 Å². The van der Waals surface area contributed by atoms with Crippen molar-refractivity contribution in [2.75, 3.05) is 19.6 Å². The molecule has 1 fully saturated rings. The van der Waals surface area contributed by atoms with Gasteiger partial charge in [0.25, 0.3) is 0 Å². The molecule has 2 rings (SSSR count). The third-order valence-corrected chi connectivity index (χ3v) is 4.13. The molecule has 5 nitrogen and oxygen atoms in total. The van der Waals surface area contributed by atoms with Gasteiger partial charge in [0.1, 0.15) is 0 Å². The lowest BCUT2D eigenvalue weighted by Crippen LogP contribution is -2.48. The molecule has 3 N–H and O–H groups in total. The third-order valence-electron chi connectivity index (χ3n) is 3.29. The maximum absolute atomic E-state index is 12.3. The van der Waals surface area contributed by atoms with Crippen LogP contribution in [0.4, 0.5) is 0 Å². The molecule has 2 amide bonds. The molecule has 0 aliphatic carbocycles. The van der Waals surface area contributed by atoms with Crippen molar-refractivity contribution in [1.29, 1.82) is 0 Å². The predicted molar refractivity (Wildman–Crippen MR) is 80.2 cm³/mol. The van der Waals surface area contributed by atoms with E-state index in [-0.39, 0.29) is 18.5 Å². The SMILES string of the molecule is NC(=O)CN(C(=O)/C=C/c1cccs1)C1CCNCC1. The quantitative estimate of drug-likeness (QED) is 0.790. The molecule has 108 valence electrons. The second-order valence-electron chi connectivity index (χ2n) is 4.76. The summed E-state index contributed by atoms with van der Waals surface area (Å²) in [5.74, 6) is -0.620. The number of rotatable bonds is 5. The van der Waals surface area contributed by atoms with E-state index in [1.54, 1.807) is 22.3 Å². The van der Waals surface area contributed by atoms with Gasteiger partial charge in [-0.1, -0.05) is 6.07 Å². The van der Waals surface area contributed by atoms with E-state index in [1.165, 1.54) is 6.08 Å². The summed E-state index contributed by atoms with van der Waals surface area (Å²) in [6.45, 7) is 1.71. The molecule has 20 heavy (non-hydrogen) atoms. The van der Waals surface area contributed by atoms with Gasteiger partial charge in [-0.2, -0.15) is 0 Å². The minimum atomic E-state index is -0.471. The lowest BCUT2D eigenvalue weighted by Gasteiger charge is -2.33. The lowest BCUT2D eigenvalue weighted by atomic mass is 10.0. The van der Waals surface area contributed by atoms with Crippen molar-refractivity contribution >= 4 is 29.2 Å². The van der Waals surface area contributed by atoms with E-state index in [0.29, 0.717) is 0 Å². The van der Waals surface area contributed by atoms with Crippen LogP contribution in [0.25, 0.3) is 6.08 Å². The van der Waals surface area contributed by atoms with Crippen LogP contribution in [0.5, 0.6) is 0 Å². The normalized spacial score (nSPS) is 16.4. The Morgan fingerprint density at radius 2 is 2.20 bits per heavy atom. The number of carbonyl (C=O) groups excluding carboxylic acids is 2. The molecule has 0 spiro atoms. The van der Waals surface area contributed by atoms with E-state index < -0.39 is 5.91 Å². The number of hydrogen-bond acceptors (Lipinski definition) is 4. The van der Waals surface area contributed by atoms with Gasteiger partial charge >= 0.3 is 0 Å². The minimum Gasteiger partial charge on any atom is -0.368 e. The molecule has 0 radical (unpaired) electrons. The summed E-state index contributed by atoms with van der Waals surface area (Å²) in [6, 6.07) is 3.96. The smallest absolute Gasteiger partial charge is 0.247 e. The Labute approximate surface area is 122 Å². The number of nitrogens with two attached hydrogens (primary N) is 1. The van der Waals surface area contributed by atoms with Gasteiger partial charge < -0.3 is 16.0 Å². The largest absolute Gasteiger partial charge is 0.368 e. The Kier molecular flexibility index (Phi) is 5.31. The van der Waals surface area contributed by atoms with Crippen LogP contribution in [0, 0.1) is 0 Å². The molecule has 2 heterocycles. The number of hydrogen-bond donors (Lipinski definition) is 2. The molecule has 1 saturated heterocycles. The molecule has 1 aliphatic rings. The third kappa shape index (κ3) is 4.18. The highest BCUT2D eigenvalue weighted by Gasteiger charge is 2.25. The average molecular weight is 293 g/mol. The number of primary amides is 1. The van der Waals surface area contributed by atoms with Gasteiger partial charge in [0.15, 0.2) is 0 Å². The molecule has 6 heteroatoms. The van der Waals surface area contributed by atoms with E-state index in [1.807, 2.05) is 17.5 Å². The summed E-state index contributed by atoms with van der Waals surface area (Å²) >= 11 is 1.57. The Bertz CT molecular complexity index is 479. The van der Waals surface area contributed by atoms with Crippen molar-refractivity contribution in [3.05, 3.63) is 28.5 Å². The van der Waals surface area contributed by atoms with Crippen molar-refractivity contribution in [1.82, 2.24) is 10.2 Å². The fraction of sp³-hybridized carbons (Fsp3) is 0.429. The Balaban J connectivity index is 2.04. The van der Waals surface area contributed by atoms with Crippen LogP contribution in [0.3, 0.4) is 0 Å². The van der Waals surface area contributed by atoms with Crippen LogP contribution in [0.2, 0.25) is 0 Å². The van der Waals surface area contributed by atoms with Crippen LogP contribution in [-0.2, 0) is 9.59 Å². The molecular weight excluding hydrogens is 274 g/mol. The second-order valence-corrected chi connectivity index (χ2v) is 5.74. The molecule has 1 aromatic rings. The molecule has 1 aliphatic heterocycles. The zero-order valence-electron chi connectivity index (χ0n) is 11.2. The van der Waals surface area contributed by atoms with Crippen molar-refractivity contribution in [2.45, 2.75) is 18.9 Å². The fourth-order valence-electron chi connectivity index (χ4n) is 2.31. The van der Waals surface area contributed by atoms with E-state index >= 15 is 0 Å². The van der Waals surface area contributed by atoms with Crippen molar-refractivity contribution in [3.8, 4) is 0 Å². The Morgan fingerprint density at radius 1 is 1.45 bits per heavy atom. The van der Waals surface area contributed by atoms with Gasteiger partial charge in [0.05, 0.1) is 6.54 Å². The lowest BCUT2D eigenvalue weighted by molar-refractivity contribution is -0.133. The summed E-state index contributed by atoms with van der Waals surface area (Å²) in [6.07, 6.45) is 5.01. The monoisotopic (exact) mass is 293 g/mol. The van der Waals surface area contributed by atoms with E-state index in [2.05, 4.69) is 5.32 Å². The van der Waals surface area contributed by atoms with Crippen LogP contribution in [0.15, 0.2) is 23.6 Å². The highest BCUT2D eigenvalue weighted by Crippen LogP contribution is 2.14. The minimum absolute atomic E-state index is 0.0156. The summed E-state index contributed by atoms with van der Waals surface area (Å²) < 4.78 is 0. The van der Waals surface area contributed by atoms with Crippen molar-refractivity contribution in [3.63, 3.8) is 0 Å². The number of nitrogens with zero attached hydrogens (tertiary/aromatic N) is 1. The van der Waals surface area contributed by atoms with Gasteiger partial charge in [-0.3, -0.25) is 9.59 Å². The number of thiophene rings is 1. The first-order valence-electron chi connectivity index (χ1n) is 6.68. The predicted octanol–water partition coefficient (Wildman–Crippen LogP) is 0.827. The Morgan fingerprint density at radius 3 is 2.80 bits per heavy atom. The fourth-order valence-corrected chi connectivity index (χ4v) is 2.93.